The molecule has 0 bridgehead atoms. The molecule has 0 saturated carbocycles. The summed E-state index contributed by atoms with van der Waals surface area (Å²) < 4.78 is 4.31. The third-order valence-electron chi connectivity index (χ3n) is 1.85. The zero-order valence-corrected chi connectivity index (χ0v) is 9.60. The number of guanidine groups is 1. The summed E-state index contributed by atoms with van der Waals surface area (Å²) in [5.41, 5.74) is 10.5. The van der Waals surface area contributed by atoms with E-state index >= 15 is 0 Å². The number of aliphatic hydroxyl groups excluding tert-OH is 1. The molecule has 8 heteroatoms. The van der Waals surface area contributed by atoms with Gasteiger partial charge in [0.05, 0.1) is 0 Å². The fraction of sp³-hybridized carbons (Fsp3) is 0.667. The second kappa shape index (κ2) is 7.58. The Morgan fingerprint density at radius 1 is 1.47 bits per heavy atom. The number of carbonyl (C=O) groups is 2. The SMILES string of the molecule is CC(O)C(=O)OC(=O)[C@@H](N)CCCNC(=N)N. The largest absolute Gasteiger partial charge is 0.390 e. The lowest BCUT2D eigenvalue weighted by Crippen LogP contribution is -2.37. The van der Waals surface area contributed by atoms with E-state index in [0.717, 1.165) is 0 Å². The monoisotopic (exact) mass is 246 g/mol. The standard InChI is InChI=1S/C9H18N4O4/c1-5(14)7(15)17-8(16)6(10)3-2-4-13-9(11)12/h5-6,14H,2-4,10H2,1H3,(H4,11,12,13)/t5?,6-/m0/s1. The predicted molar refractivity (Wildman–Crippen MR) is 59.9 cm³/mol. The molecule has 0 spiro atoms. The number of hydrogen-bond acceptors (Lipinski definition) is 6. The number of hydrogen-bond donors (Lipinski definition) is 5. The lowest BCUT2D eigenvalue weighted by molar-refractivity contribution is -0.166. The van der Waals surface area contributed by atoms with Crippen molar-refractivity contribution in [3.8, 4) is 0 Å². The zero-order chi connectivity index (χ0) is 13.4. The van der Waals surface area contributed by atoms with E-state index in [1.165, 1.54) is 6.92 Å². The van der Waals surface area contributed by atoms with Crippen LogP contribution < -0.4 is 16.8 Å². The maximum absolute atomic E-state index is 11.2. The van der Waals surface area contributed by atoms with Crippen LogP contribution in [0.1, 0.15) is 19.8 Å². The average molecular weight is 246 g/mol. The van der Waals surface area contributed by atoms with Gasteiger partial charge in [0.15, 0.2) is 5.96 Å². The highest BCUT2D eigenvalue weighted by molar-refractivity contribution is 5.89. The van der Waals surface area contributed by atoms with Gasteiger partial charge >= 0.3 is 11.9 Å². The van der Waals surface area contributed by atoms with Gasteiger partial charge in [-0.25, -0.2) is 9.59 Å². The van der Waals surface area contributed by atoms with E-state index in [1.54, 1.807) is 0 Å². The van der Waals surface area contributed by atoms with Crippen molar-refractivity contribution in [2.24, 2.45) is 11.5 Å². The molecule has 0 aliphatic rings. The normalized spacial score (nSPS) is 13.6. The average Bonchev–Trinajstić information content (AvgIpc) is 2.23. The predicted octanol–water partition coefficient (Wildman–Crippen LogP) is -1.97. The van der Waals surface area contributed by atoms with Crippen molar-refractivity contribution >= 4 is 17.9 Å². The van der Waals surface area contributed by atoms with Gasteiger partial charge in [0.25, 0.3) is 0 Å². The summed E-state index contributed by atoms with van der Waals surface area (Å²) in [4.78, 5) is 22.1. The number of aliphatic hydroxyl groups is 1. The third-order valence-corrected chi connectivity index (χ3v) is 1.85. The molecule has 0 aliphatic heterocycles. The Labute approximate surface area is 98.8 Å². The number of esters is 2. The molecular weight excluding hydrogens is 228 g/mol. The molecule has 8 nitrogen and oxygen atoms in total. The van der Waals surface area contributed by atoms with Crippen molar-refractivity contribution in [2.75, 3.05) is 6.54 Å². The van der Waals surface area contributed by atoms with Gasteiger partial charge in [0.1, 0.15) is 12.1 Å². The Morgan fingerprint density at radius 3 is 2.53 bits per heavy atom. The summed E-state index contributed by atoms with van der Waals surface area (Å²) in [5, 5.41) is 18.2. The number of ether oxygens (including phenoxy) is 1. The Hall–Kier alpha value is -1.67. The van der Waals surface area contributed by atoms with Gasteiger partial charge in [-0.2, -0.15) is 0 Å². The highest BCUT2D eigenvalue weighted by Gasteiger charge is 2.20. The van der Waals surface area contributed by atoms with E-state index < -0.39 is 24.1 Å². The highest BCUT2D eigenvalue weighted by atomic mass is 16.6. The molecule has 0 aliphatic carbocycles. The van der Waals surface area contributed by atoms with Crippen molar-refractivity contribution in [3.63, 3.8) is 0 Å². The maximum atomic E-state index is 11.2. The Morgan fingerprint density at radius 2 is 2.06 bits per heavy atom. The molecule has 0 aromatic carbocycles. The van der Waals surface area contributed by atoms with E-state index in [4.69, 9.17) is 22.0 Å². The molecule has 98 valence electrons. The van der Waals surface area contributed by atoms with Crippen LogP contribution in [0.3, 0.4) is 0 Å². The van der Waals surface area contributed by atoms with Crippen LogP contribution in [0.4, 0.5) is 0 Å². The summed E-state index contributed by atoms with van der Waals surface area (Å²) in [7, 11) is 0. The first kappa shape index (κ1) is 15.3. The number of nitrogens with two attached hydrogens (primary N) is 2. The zero-order valence-electron chi connectivity index (χ0n) is 9.60. The van der Waals surface area contributed by atoms with Crippen LogP contribution in [0.25, 0.3) is 0 Å². The van der Waals surface area contributed by atoms with Gasteiger partial charge in [-0.3, -0.25) is 5.41 Å². The van der Waals surface area contributed by atoms with E-state index in [2.05, 4.69) is 10.1 Å². The van der Waals surface area contributed by atoms with Crippen LogP contribution in [0.5, 0.6) is 0 Å². The first-order valence-electron chi connectivity index (χ1n) is 5.11. The third kappa shape index (κ3) is 7.25. The molecule has 0 aromatic heterocycles. The topological polar surface area (TPSA) is 152 Å². The van der Waals surface area contributed by atoms with Crippen molar-refractivity contribution in [1.82, 2.24) is 5.32 Å². The van der Waals surface area contributed by atoms with Crippen molar-refractivity contribution in [2.45, 2.75) is 31.9 Å². The lowest BCUT2D eigenvalue weighted by atomic mass is 10.2. The molecule has 0 aromatic rings. The van der Waals surface area contributed by atoms with E-state index in [9.17, 15) is 9.59 Å². The van der Waals surface area contributed by atoms with Gasteiger partial charge in [0.2, 0.25) is 0 Å². The molecule has 0 rings (SSSR count). The van der Waals surface area contributed by atoms with Crippen LogP contribution in [0.15, 0.2) is 0 Å². The first-order chi connectivity index (χ1) is 7.84. The molecular formula is C9H18N4O4. The van der Waals surface area contributed by atoms with E-state index in [1.807, 2.05) is 0 Å². The summed E-state index contributed by atoms with van der Waals surface area (Å²) in [6.45, 7) is 1.60. The van der Waals surface area contributed by atoms with Crippen LogP contribution in [-0.2, 0) is 14.3 Å². The van der Waals surface area contributed by atoms with Gasteiger partial charge in [-0.1, -0.05) is 0 Å². The summed E-state index contributed by atoms with van der Waals surface area (Å²) >= 11 is 0. The van der Waals surface area contributed by atoms with Crippen LogP contribution in [0, 0.1) is 5.41 Å². The van der Waals surface area contributed by atoms with Crippen molar-refractivity contribution in [1.29, 1.82) is 5.41 Å². The molecule has 0 radical (unpaired) electrons. The summed E-state index contributed by atoms with van der Waals surface area (Å²) in [6.07, 6.45) is -0.573. The second-order valence-corrected chi connectivity index (χ2v) is 3.51. The highest BCUT2D eigenvalue weighted by Crippen LogP contribution is 1.98. The van der Waals surface area contributed by atoms with Crippen LogP contribution >= 0.6 is 0 Å². The van der Waals surface area contributed by atoms with Crippen LogP contribution in [-0.4, -0.2) is 41.7 Å². The van der Waals surface area contributed by atoms with Crippen molar-refractivity contribution < 1.29 is 19.4 Å². The molecule has 0 amide bonds. The Bertz CT molecular complexity index is 293. The summed E-state index contributed by atoms with van der Waals surface area (Å²) in [5.74, 6) is -2.06. The maximum Gasteiger partial charge on any atom is 0.342 e. The molecule has 1 unspecified atom stereocenters. The smallest absolute Gasteiger partial charge is 0.342 e. The van der Waals surface area contributed by atoms with Gasteiger partial charge in [0, 0.05) is 6.54 Å². The fourth-order valence-corrected chi connectivity index (χ4v) is 0.923. The van der Waals surface area contributed by atoms with E-state index in [-0.39, 0.29) is 12.4 Å². The lowest BCUT2D eigenvalue weighted by Gasteiger charge is -2.11. The molecule has 2 atom stereocenters. The minimum atomic E-state index is -1.36. The molecule has 0 heterocycles. The first-order valence-corrected chi connectivity index (χ1v) is 5.11. The number of rotatable bonds is 6. The van der Waals surface area contributed by atoms with Gasteiger partial charge in [-0.15, -0.1) is 0 Å². The minimum Gasteiger partial charge on any atom is -0.390 e. The molecule has 0 fully saturated rings. The molecule has 7 N–H and O–H groups in total. The number of carbonyl (C=O) groups excluding carboxylic acids is 2. The van der Waals surface area contributed by atoms with Crippen LogP contribution in [0.2, 0.25) is 0 Å². The second-order valence-electron chi connectivity index (χ2n) is 3.51. The molecule has 17 heavy (non-hydrogen) atoms. The Balaban J connectivity index is 3.82. The summed E-state index contributed by atoms with van der Waals surface area (Å²) in [6, 6.07) is -0.938. The quantitative estimate of drug-likeness (QED) is 0.120. The number of nitrogens with one attached hydrogen (secondary N) is 2. The Kier molecular flexibility index (Phi) is 6.83. The van der Waals surface area contributed by atoms with E-state index in [0.29, 0.717) is 13.0 Å². The fourth-order valence-electron chi connectivity index (χ4n) is 0.923. The van der Waals surface area contributed by atoms with Crippen molar-refractivity contribution in [3.05, 3.63) is 0 Å². The van der Waals surface area contributed by atoms with Gasteiger partial charge in [-0.05, 0) is 19.8 Å². The van der Waals surface area contributed by atoms with Gasteiger partial charge < -0.3 is 26.6 Å². The molecule has 0 saturated heterocycles. The minimum absolute atomic E-state index is 0.162.